The van der Waals surface area contributed by atoms with Crippen LogP contribution in [0.4, 0.5) is 0 Å². The lowest BCUT2D eigenvalue weighted by Crippen LogP contribution is -2.24. The number of benzene rings is 2. The molecule has 0 saturated heterocycles. The number of amides is 1. The molecule has 0 bridgehead atoms. The Morgan fingerprint density at radius 3 is 2.64 bits per heavy atom. The molecule has 0 atom stereocenters. The fourth-order valence-electron chi connectivity index (χ4n) is 2.42. The molecule has 0 aliphatic heterocycles. The summed E-state index contributed by atoms with van der Waals surface area (Å²) >= 11 is 0. The topological polar surface area (TPSA) is 58.6 Å². The van der Waals surface area contributed by atoms with Gasteiger partial charge in [-0.05, 0) is 72.2 Å². The van der Waals surface area contributed by atoms with Crippen molar-refractivity contribution in [3.05, 3.63) is 58.1 Å². The number of phenolic OH excluding ortho intramolecular Hbond substituents is 1. The second kappa shape index (κ2) is 8.06. The van der Waals surface area contributed by atoms with Gasteiger partial charge in [0.1, 0.15) is 11.5 Å². The average Bonchev–Trinajstić information content (AvgIpc) is 2.73. The molecule has 2 N–H and O–H groups in total. The summed E-state index contributed by atoms with van der Waals surface area (Å²) in [5.41, 5.74) is 0.641. The summed E-state index contributed by atoms with van der Waals surface area (Å²) in [4.78, 5) is 11.4. The lowest BCUT2D eigenvalue weighted by Gasteiger charge is -2.15. The number of hydrogen-bond acceptors (Lipinski definition) is 3. The number of carbonyl (C=O) groups excluding carboxylic acids is 1. The highest BCUT2D eigenvalue weighted by Crippen LogP contribution is 2.29. The monoisotopic (exact) mass is 351 g/mol. The molecule has 4 nitrogen and oxygen atoms in total. The highest BCUT2D eigenvalue weighted by Gasteiger charge is 2.11. The average molecular weight is 352 g/mol. The Balaban J connectivity index is 2.70. The fourth-order valence-corrected chi connectivity index (χ4v) is 2.42. The minimum Gasteiger partial charge on any atom is -0.508 e. The minimum absolute atomic E-state index is 0.164. The molecular formula is C21H27NO3. The lowest BCUT2D eigenvalue weighted by atomic mass is 9.93. The van der Waals surface area contributed by atoms with Gasteiger partial charge in [-0.25, -0.2) is 0 Å². The highest BCUT2D eigenvalue weighted by atomic mass is 16.5. The van der Waals surface area contributed by atoms with Gasteiger partial charge in [-0.2, -0.15) is 0 Å². The van der Waals surface area contributed by atoms with Crippen LogP contribution in [0.15, 0.2) is 30.3 Å². The van der Waals surface area contributed by atoms with Crippen molar-refractivity contribution in [3.8, 4) is 11.5 Å². The van der Waals surface area contributed by atoms with Gasteiger partial charge >= 0.3 is 0 Å². The summed E-state index contributed by atoms with van der Waals surface area (Å²) < 4.78 is 85.0. The molecule has 0 radical (unpaired) electrons. The van der Waals surface area contributed by atoms with Gasteiger partial charge in [-0.3, -0.25) is 4.79 Å². The SMILES string of the molecule is [2H]c1c([2H])c(Cc2c(C)cc(OCC(=O)NC)cc2C)c([2H])c(C([2H])(C([2H])([2H])[2H])C([2H])([2H])[2H])c1O. The van der Waals surface area contributed by atoms with E-state index in [2.05, 4.69) is 5.32 Å². The van der Waals surface area contributed by atoms with E-state index in [9.17, 15) is 9.90 Å². The maximum Gasteiger partial charge on any atom is 0.257 e. The van der Waals surface area contributed by atoms with Crippen LogP contribution in [0.3, 0.4) is 0 Å². The molecule has 1 amide bonds. The number of nitrogens with one attached hydrogen (secondary N) is 1. The van der Waals surface area contributed by atoms with Crippen molar-refractivity contribution in [2.75, 3.05) is 13.7 Å². The number of likely N-dealkylation sites (N-methyl/N-ethyl adjacent to an activating group) is 1. The van der Waals surface area contributed by atoms with Gasteiger partial charge in [0.15, 0.2) is 6.61 Å². The third kappa shape index (κ3) is 4.75. The predicted octanol–water partition coefficient (Wildman–Crippen LogP) is 3.85. The molecular weight excluding hydrogens is 314 g/mol. The fraction of sp³-hybridized carbons (Fsp3) is 0.381. The van der Waals surface area contributed by atoms with Crippen LogP contribution in [0.25, 0.3) is 0 Å². The number of aryl methyl sites for hydroxylation is 2. The van der Waals surface area contributed by atoms with E-state index in [1.165, 1.54) is 7.05 Å². The summed E-state index contributed by atoms with van der Waals surface area (Å²) in [6, 6.07) is 1.03. The largest absolute Gasteiger partial charge is 0.508 e. The zero-order chi connectivity index (χ0) is 27.1. The van der Waals surface area contributed by atoms with Crippen molar-refractivity contribution >= 4 is 5.91 Å². The first-order chi connectivity index (χ1) is 15.9. The van der Waals surface area contributed by atoms with E-state index < -0.39 is 49.0 Å². The number of ether oxygens (including phenoxy) is 1. The Bertz CT molecular complexity index is 1100. The van der Waals surface area contributed by atoms with Crippen LogP contribution in [-0.4, -0.2) is 24.7 Å². The first-order valence-corrected chi connectivity index (χ1v) is 7.64. The van der Waals surface area contributed by atoms with Crippen molar-refractivity contribution in [1.29, 1.82) is 0 Å². The normalized spacial score (nSPS) is 18.0. The van der Waals surface area contributed by atoms with Crippen LogP contribution in [0.5, 0.6) is 11.5 Å². The quantitative estimate of drug-likeness (QED) is 0.831. The minimum atomic E-state index is -3.48. The standard InChI is InChI=1S/C21H27NO3/c1-13(2)18-10-16(6-7-20(18)23)11-19-14(3)8-17(9-15(19)4)25-12-21(24)22-5/h6-10,13,23H,11-12H2,1-5H3,(H,22,24)/i1D3,2D3,6D,7D,10D,13D. The molecule has 134 valence electrons. The number of carbonyl (C=O) groups is 1. The molecule has 2 aromatic carbocycles. The summed E-state index contributed by atoms with van der Waals surface area (Å²) in [5.74, 6) is -4.52. The van der Waals surface area contributed by atoms with E-state index in [0.717, 1.165) is 0 Å². The molecule has 25 heavy (non-hydrogen) atoms. The van der Waals surface area contributed by atoms with Gasteiger partial charge in [0.05, 0.1) is 4.11 Å². The van der Waals surface area contributed by atoms with Gasteiger partial charge in [0.25, 0.3) is 5.91 Å². The van der Waals surface area contributed by atoms with Crippen LogP contribution in [-0.2, 0) is 11.2 Å². The Hall–Kier alpha value is -2.49. The third-order valence-electron chi connectivity index (χ3n) is 3.77. The van der Waals surface area contributed by atoms with Crippen LogP contribution < -0.4 is 10.1 Å². The number of aromatic hydroxyl groups is 1. The molecule has 2 aromatic rings. The van der Waals surface area contributed by atoms with Gasteiger partial charge < -0.3 is 15.2 Å². The van der Waals surface area contributed by atoms with Crippen molar-refractivity contribution < 1.29 is 28.3 Å². The first-order valence-electron chi connectivity index (χ1n) is 12.6. The Morgan fingerprint density at radius 1 is 1.36 bits per heavy atom. The van der Waals surface area contributed by atoms with E-state index in [4.69, 9.17) is 18.4 Å². The van der Waals surface area contributed by atoms with Crippen molar-refractivity contribution in [1.82, 2.24) is 5.32 Å². The summed E-state index contributed by atoms with van der Waals surface area (Å²) in [6.07, 6.45) is -0.164. The molecule has 0 saturated carbocycles. The van der Waals surface area contributed by atoms with Crippen LogP contribution >= 0.6 is 0 Å². The molecule has 0 aliphatic rings. The lowest BCUT2D eigenvalue weighted by molar-refractivity contribution is -0.122. The maximum atomic E-state index is 11.4. The van der Waals surface area contributed by atoms with E-state index in [-0.39, 0.29) is 24.5 Å². The van der Waals surface area contributed by atoms with Crippen LogP contribution in [0, 0.1) is 13.8 Å². The molecule has 2 rings (SSSR count). The van der Waals surface area contributed by atoms with E-state index in [1.54, 1.807) is 26.0 Å². The van der Waals surface area contributed by atoms with Gasteiger partial charge in [0.2, 0.25) is 0 Å². The summed E-state index contributed by atoms with van der Waals surface area (Å²) in [7, 11) is 1.47. The smallest absolute Gasteiger partial charge is 0.257 e. The van der Waals surface area contributed by atoms with Crippen LogP contribution in [0.1, 0.15) is 61.1 Å². The zero-order valence-electron chi connectivity index (χ0n) is 24.3. The van der Waals surface area contributed by atoms with Crippen molar-refractivity contribution in [3.63, 3.8) is 0 Å². The predicted molar refractivity (Wildman–Crippen MR) is 100 cm³/mol. The number of hydrogen-bond donors (Lipinski definition) is 2. The molecule has 4 heteroatoms. The first kappa shape index (κ1) is 9.27. The molecule has 0 aromatic heterocycles. The molecule has 0 fully saturated rings. The Morgan fingerprint density at radius 2 is 2.04 bits per heavy atom. The maximum absolute atomic E-state index is 11.4. The molecule has 0 heterocycles. The molecule has 0 spiro atoms. The Labute approximate surface area is 163 Å². The van der Waals surface area contributed by atoms with Crippen LogP contribution in [0.2, 0.25) is 0 Å². The third-order valence-corrected chi connectivity index (χ3v) is 3.77. The second-order valence-corrected chi connectivity index (χ2v) is 5.63. The Kier molecular flexibility index (Phi) is 2.99. The molecule has 0 unspecified atom stereocenters. The zero-order valence-corrected chi connectivity index (χ0v) is 14.3. The van der Waals surface area contributed by atoms with E-state index in [1.807, 2.05) is 0 Å². The van der Waals surface area contributed by atoms with Gasteiger partial charge in [0, 0.05) is 16.6 Å². The van der Waals surface area contributed by atoms with E-state index in [0.29, 0.717) is 22.4 Å². The number of rotatable bonds is 6. The molecule has 0 aliphatic carbocycles. The number of phenols is 1. The van der Waals surface area contributed by atoms with E-state index >= 15 is 0 Å². The van der Waals surface area contributed by atoms with Crippen molar-refractivity contribution in [2.45, 2.75) is 39.9 Å². The van der Waals surface area contributed by atoms with Gasteiger partial charge in [-0.15, -0.1) is 0 Å². The highest BCUT2D eigenvalue weighted by molar-refractivity contribution is 5.77. The van der Waals surface area contributed by atoms with Crippen molar-refractivity contribution in [2.24, 2.45) is 0 Å². The summed E-state index contributed by atoms with van der Waals surface area (Å²) in [5, 5.41) is 12.9. The summed E-state index contributed by atoms with van der Waals surface area (Å²) in [6.45, 7) is -3.74. The van der Waals surface area contributed by atoms with Gasteiger partial charge in [-0.1, -0.05) is 25.8 Å². The second-order valence-electron chi connectivity index (χ2n) is 5.63.